The van der Waals surface area contributed by atoms with Crippen molar-refractivity contribution in [3.63, 3.8) is 0 Å². The highest BCUT2D eigenvalue weighted by Gasteiger charge is 2.71. The van der Waals surface area contributed by atoms with Gasteiger partial charge in [0.15, 0.2) is 11.6 Å². The van der Waals surface area contributed by atoms with Crippen LogP contribution in [0.2, 0.25) is 0 Å². The van der Waals surface area contributed by atoms with Crippen molar-refractivity contribution in [3.8, 4) is 0 Å². The van der Waals surface area contributed by atoms with E-state index < -0.39 is 41.1 Å². The van der Waals surface area contributed by atoms with E-state index >= 15 is 4.39 Å². The molecule has 0 bridgehead atoms. The van der Waals surface area contributed by atoms with E-state index in [1.807, 2.05) is 6.92 Å². The molecule has 28 heavy (non-hydrogen) atoms. The molecular formula is C22H29FO5. The van der Waals surface area contributed by atoms with Crippen LogP contribution < -0.4 is 0 Å². The van der Waals surface area contributed by atoms with E-state index in [2.05, 4.69) is 0 Å². The molecule has 0 aliphatic heterocycles. The minimum atomic E-state index is -1.74. The topological polar surface area (TPSA) is 94.8 Å². The lowest BCUT2D eigenvalue weighted by Gasteiger charge is -2.60. The maximum Gasteiger partial charge on any atom is 0.190 e. The molecule has 4 aliphatic rings. The first kappa shape index (κ1) is 19.9. The van der Waals surface area contributed by atoms with Crippen molar-refractivity contribution in [2.24, 2.45) is 34.5 Å². The van der Waals surface area contributed by atoms with Gasteiger partial charge in [0.25, 0.3) is 0 Å². The van der Waals surface area contributed by atoms with Crippen LogP contribution in [-0.2, 0) is 9.59 Å². The second-order valence-electron chi connectivity index (χ2n) is 9.79. The standard InChI is InChI=1S/C22H29FO5/c1-11-6-14-13-8-16(23)15-7-12(25)4-5-20(15,2)19(13)17(26)9-21(14,3)22(11,28)18(27)10-24/h4-5,7,11,13-14,16-17,19,24,26,28H,6,8-10H2,1-3H3/t11?,13-,14-,16-,17?,19+,20-,21-,22-/m0/s1. The largest absolute Gasteiger partial charge is 0.393 e. The molecule has 2 unspecified atom stereocenters. The van der Waals surface area contributed by atoms with Crippen LogP contribution in [-0.4, -0.2) is 51.4 Å². The average molecular weight is 392 g/mol. The Labute approximate surface area is 164 Å². The van der Waals surface area contributed by atoms with Crippen molar-refractivity contribution in [1.29, 1.82) is 0 Å². The molecule has 3 N–H and O–H groups in total. The molecule has 0 aromatic rings. The van der Waals surface area contributed by atoms with Gasteiger partial charge in [-0.15, -0.1) is 0 Å². The summed E-state index contributed by atoms with van der Waals surface area (Å²) in [5.74, 6) is -1.92. The summed E-state index contributed by atoms with van der Waals surface area (Å²) >= 11 is 0. The number of ketones is 2. The van der Waals surface area contributed by atoms with Crippen LogP contribution in [0.3, 0.4) is 0 Å². The van der Waals surface area contributed by atoms with Gasteiger partial charge in [0.1, 0.15) is 18.4 Å². The van der Waals surface area contributed by atoms with E-state index in [1.54, 1.807) is 19.9 Å². The Morgan fingerprint density at radius 3 is 2.64 bits per heavy atom. The highest BCUT2D eigenvalue weighted by molar-refractivity contribution is 6.01. The fourth-order valence-corrected chi connectivity index (χ4v) is 7.38. The van der Waals surface area contributed by atoms with E-state index in [-0.39, 0.29) is 42.3 Å². The third-order valence-electron chi connectivity index (χ3n) is 8.63. The number of hydrogen-bond donors (Lipinski definition) is 3. The molecule has 9 atom stereocenters. The third kappa shape index (κ3) is 2.22. The molecule has 0 radical (unpaired) electrons. The zero-order valence-electron chi connectivity index (χ0n) is 16.6. The van der Waals surface area contributed by atoms with Crippen LogP contribution in [0.5, 0.6) is 0 Å². The van der Waals surface area contributed by atoms with Crippen molar-refractivity contribution < 1.29 is 29.3 Å². The quantitative estimate of drug-likeness (QED) is 0.666. The predicted molar refractivity (Wildman–Crippen MR) is 99.9 cm³/mol. The first-order chi connectivity index (χ1) is 13.0. The second-order valence-corrected chi connectivity index (χ2v) is 9.79. The molecule has 4 rings (SSSR count). The number of hydrogen-bond acceptors (Lipinski definition) is 5. The number of aliphatic hydroxyl groups is 3. The van der Waals surface area contributed by atoms with Crippen molar-refractivity contribution >= 4 is 11.6 Å². The summed E-state index contributed by atoms with van der Waals surface area (Å²) in [5.41, 5.74) is -3.00. The molecule has 4 aliphatic carbocycles. The Hall–Kier alpha value is -1.37. The van der Waals surface area contributed by atoms with Crippen molar-refractivity contribution in [2.45, 2.75) is 57.9 Å². The second kappa shape index (κ2) is 6.07. The lowest BCUT2D eigenvalue weighted by Crippen LogP contribution is -2.63. The number of carbonyl (C=O) groups excluding carboxylic acids is 2. The average Bonchev–Trinajstić information content (AvgIpc) is 2.83. The Bertz CT molecular complexity index is 790. The minimum Gasteiger partial charge on any atom is -0.393 e. The van der Waals surface area contributed by atoms with Gasteiger partial charge in [-0.25, -0.2) is 4.39 Å². The lowest BCUT2D eigenvalue weighted by atomic mass is 9.46. The van der Waals surface area contributed by atoms with E-state index in [0.717, 1.165) is 0 Å². The van der Waals surface area contributed by atoms with Gasteiger partial charge >= 0.3 is 0 Å². The molecule has 0 aromatic carbocycles. The van der Waals surface area contributed by atoms with Gasteiger partial charge in [0.2, 0.25) is 0 Å². The molecule has 0 heterocycles. The molecule has 0 aromatic heterocycles. The Kier molecular flexibility index (Phi) is 4.32. The molecular weight excluding hydrogens is 363 g/mol. The van der Waals surface area contributed by atoms with Crippen molar-refractivity contribution in [1.82, 2.24) is 0 Å². The van der Waals surface area contributed by atoms with Crippen LogP contribution in [0.15, 0.2) is 23.8 Å². The van der Waals surface area contributed by atoms with Gasteiger partial charge in [-0.1, -0.05) is 26.8 Å². The van der Waals surface area contributed by atoms with Gasteiger partial charge in [0, 0.05) is 16.7 Å². The number of carbonyl (C=O) groups is 2. The van der Waals surface area contributed by atoms with E-state index in [4.69, 9.17) is 0 Å². The van der Waals surface area contributed by atoms with Gasteiger partial charge < -0.3 is 15.3 Å². The zero-order chi connectivity index (χ0) is 20.6. The van der Waals surface area contributed by atoms with Gasteiger partial charge in [-0.2, -0.15) is 0 Å². The minimum absolute atomic E-state index is 0.154. The highest BCUT2D eigenvalue weighted by atomic mass is 19.1. The van der Waals surface area contributed by atoms with E-state index in [9.17, 15) is 24.9 Å². The summed E-state index contributed by atoms with van der Waals surface area (Å²) in [7, 11) is 0. The summed E-state index contributed by atoms with van der Waals surface area (Å²) < 4.78 is 15.2. The van der Waals surface area contributed by atoms with Crippen LogP contribution in [0, 0.1) is 34.5 Å². The van der Waals surface area contributed by atoms with Crippen LogP contribution in [0.1, 0.15) is 40.0 Å². The van der Waals surface area contributed by atoms with Gasteiger partial charge in [-0.05, 0) is 54.7 Å². The molecule has 3 saturated carbocycles. The molecule has 5 nitrogen and oxygen atoms in total. The third-order valence-corrected chi connectivity index (χ3v) is 8.63. The normalized spacial score (nSPS) is 52.5. The Morgan fingerprint density at radius 1 is 1.32 bits per heavy atom. The van der Waals surface area contributed by atoms with Gasteiger partial charge in [-0.3, -0.25) is 9.59 Å². The smallest absolute Gasteiger partial charge is 0.190 e. The maximum atomic E-state index is 15.2. The Morgan fingerprint density at radius 2 is 2.00 bits per heavy atom. The number of fused-ring (bicyclic) bond motifs is 5. The number of rotatable bonds is 2. The number of alkyl halides is 1. The summed E-state index contributed by atoms with van der Waals surface area (Å²) in [4.78, 5) is 24.4. The lowest BCUT2D eigenvalue weighted by molar-refractivity contribution is -0.185. The SMILES string of the molecule is CC1C[C@H]2[C@@H]3C[C@H](F)C4=CC(=O)C=C[C@]4(C)[C@H]3C(O)C[C@]2(C)[C@@]1(O)C(=O)CO. The number of aliphatic hydroxyl groups excluding tert-OH is 2. The molecule has 3 fully saturated rings. The number of halogens is 1. The fourth-order valence-electron chi connectivity index (χ4n) is 7.38. The number of Topliss-reactive ketones (excluding diaryl/α,β-unsaturated/α-hetero) is 1. The summed E-state index contributed by atoms with van der Waals surface area (Å²) in [5, 5.41) is 32.1. The van der Waals surface area contributed by atoms with Crippen LogP contribution >= 0.6 is 0 Å². The van der Waals surface area contributed by atoms with E-state index in [0.29, 0.717) is 12.0 Å². The highest BCUT2D eigenvalue weighted by Crippen LogP contribution is 2.68. The molecule has 0 spiro atoms. The summed E-state index contributed by atoms with van der Waals surface area (Å²) in [6.07, 6.45) is 3.29. The maximum absolute atomic E-state index is 15.2. The molecule has 154 valence electrons. The fraction of sp³-hybridized carbons (Fsp3) is 0.727. The molecule has 0 saturated heterocycles. The van der Waals surface area contributed by atoms with Crippen molar-refractivity contribution in [2.75, 3.05) is 6.61 Å². The van der Waals surface area contributed by atoms with Crippen molar-refractivity contribution in [3.05, 3.63) is 23.8 Å². The predicted octanol–water partition coefficient (Wildman–Crippen LogP) is 1.75. The molecule has 0 amide bonds. The first-order valence-electron chi connectivity index (χ1n) is 10.1. The summed E-state index contributed by atoms with van der Waals surface area (Å²) in [6, 6.07) is 0. The zero-order valence-corrected chi connectivity index (χ0v) is 16.6. The molecule has 6 heteroatoms. The summed E-state index contributed by atoms with van der Waals surface area (Å²) in [6.45, 7) is 4.71. The monoisotopic (exact) mass is 392 g/mol. The van der Waals surface area contributed by atoms with Gasteiger partial charge in [0.05, 0.1) is 6.10 Å². The first-order valence-corrected chi connectivity index (χ1v) is 10.1. The van der Waals surface area contributed by atoms with E-state index in [1.165, 1.54) is 12.2 Å². The number of allylic oxidation sites excluding steroid dienone is 4. The van der Waals surface area contributed by atoms with Crippen LogP contribution in [0.25, 0.3) is 0 Å². The van der Waals surface area contributed by atoms with Crippen LogP contribution in [0.4, 0.5) is 4.39 Å². The Balaban J connectivity index is 1.81.